The number of amides is 1. The van der Waals surface area contributed by atoms with Crippen molar-refractivity contribution in [2.24, 2.45) is 0 Å². The maximum absolute atomic E-state index is 13.8. The number of carbonyl (C=O) groups excluding carboxylic acids is 1. The van der Waals surface area contributed by atoms with Gasteiger partial charge in [-0.25, -0.2) is 9.18 Å². The zero-order valence-electron chi connectivity index (χ0n) is 13.1. The van der Waals surface area contributed by atoms with Crippen LogP contribution in [0.3, 0.4) is 0 Å². The van der Waals surface area contributed by atoms with Crippen LogP contribution in [0, 0.1) is 5.82 Å². The lowest BCUT2D eigenvalue weighted by atomic mass is 10.1. The Morgan fingerprint density at radius 1 is 1.16 bits per heavy atom. The van der Waals surface area contributed by atoms with Crippen molar-refractivity contribution in [3.63, 3.8) is 0 Å². The van der Waals surface area contributed by atoms with Crippen molar-refractivity contribution in [3.05, 3.63) is 65.6 Å². The number of halogens is 1. The number of hydrogen-bond acceptors (Lipinski definition) is 4. The van der Waals surface area contributed by atoms with Crippen molar-refractivity contribution in [3.8, 4) is 5.75 Å². The number of carboxylic acid groups (broad SMARTS) is 1. The molecule has 6 nitrogen and oxygen atoms in total. The molecule has 0 saturated carbocycles. The van der Waals surface area contributed by atoms with Crippen LogP contribution in [0.2, 0.25) is 0 Å². The van der Waals surface area contributed by atoms with Crippen LogP contribution in [0.4, 0.5) is 10.1 Å². The van der Waals surface area contributed by atoms with Gasteiger partial charge < -0.3 is 15.2 Å². The maximum Gasteiger partial charge on any atom is 0.337 e. The van der Waals surface area contributed by atoms with Crippen molar-refractivity contribution < 1.29 is 23.8 Å². The average Bonchev–Trinajstić information content (AvgIpc) is 2.61. The van der Waals surface area contributed by atoms with Gasteiger partial charge in [0.05, 0.1) is 29.4 Å². The number of rotatable bonds is 4. The van der Waals surface area contributed by atoms with Gasteiger partial charge in [0.2, 0.25) is 0 Å². The fraction of sp³-hybridized carbons (Fsp3) is 0.0556. The molecule has 1 heterocycles. The summed E-state index contributed by atoms with van der Waals surface area (Å²) >= 11 is 0. The number of pyridine rings is 1. The molecule has 0 aliphatic heterocycles. The molecule has 0 aliphatic carbocycles. The lowest BCUT2D eigenvalue weighted by Gasteiger charge is -2.11. The normalized spacial score (nSPS) is 10.5. The van der Waals surface area contributed by atoms with E-state index >= 15 is 0 Å². The fourth-order valence-electron chi connectivity index (χ4n) is 2.45. The summed E-state index contributed by atoms with van der Waals surface area (Å²) in [5.41, 5.74) is 0.280. The van der Waals surface area contributed by atoms with E-state index in [0.717, 1.165) is 6.07 Å². The number of carbonyl (C=O) groups is 2. The van der Waals surface area contributed by atoms with Gasteiger partial charge in [-0.05, 0) is 36.4 Å². The molecule has 25 heavy (non-hydrogen) atoms. The summed E-state index contributed by atoms with van der Waals surface area (Å²) in [4.78, 5) is 28.1. The van der Waals surface area contributed by atoms with Gasteiger partial charge in [0.25, 0.3) is 5.91 Å². The molecule has 0 unspecified atom stereocenters. The molecule has 1 amide bonds. The zero-order valence-corrected chi connectivity index (χ0v) is 13.1. The quantitative estimate of drug-likeness (QED) is 0.760. The molecule has 1 aromatic heterocycles. The van der Waals surface area contributed by atoms with Gasteiger partial charge in [-0.3, -0.25) is 9.78 Å². The van der Waals surface area contributed by atoms with Crippen molar-refractivity contribution >= 4 is 28.5 Å². The van der Waals surface area contributed by atoms with Gasteiger partial charge in [0.1, 0.15) is 11.6 Å². The highest BCUT2D eigenvalue weighted by molar-refractivity contribution is 6.13. The van der Waals surface area contributed by atoms with E-state index in [2.05, 4.69) is 10.3 Å². The van der Waals surface area contributed by atoms with Crippen LogP contribution < -0.4 is 10.1 Å². The lowest BCUT2D eigenvalue weighted by molar-refractivity contribution is 0.0697. The first kappa shape index (κ1) is 16.4. The number of hydrogen-bond donors (Lipinski definition) is 2. The Morgan fingerprint density at radius 3 is 2.68 bits per heavy atom. The van der Waals surface area contributed by atoms with Crippen LogP contribution in [-0.2, 0) is 0 Å². The molecular formula is C18H13FN2O4. The topological polar surface area (TPSA) is 88.5 Å². The Hall–Kier alpha value is -3.48. The second-order valence-corrected chi connectivity index (χ2v) is 5.20. The van der Waals surface area contributed by atoms with Gasteiger partial charge in [0.15, 0.2) is 0 Å². The Morgan fingerprint density at radius 2 is 1.96 bits per heavy atom. The molecule has 0 spiro atoms. The first-order valence-electron chi connectivity index (χ1n) is 7.26. The third-order valence-corrected chi connectivity index (χ3v) is 3.62. The highest BCUT2D eigenvalue weighted by Crippen LogP contribution is 2.24. The molecule has 3 rings (SSSR count). The zero-order chi connectivity index (χ0) is 18.0. The van der Waals surface area contributed by atoms with Gasteiger partial charge in [-0.15, -0.1) is 0 Å². The summed E-state index contributed by atoms with van der Waals surface area (Å²) in [5.74, 6) is -2.13. The summed E-state index contributed by atoms with van der Waals surface area (Å²) in [5, 5.41) is 12.3. The molecule has 0 bridgehead atoms. The predicted octanol–water partition coefficient (Wildman–Crippen LogP) is 3.33. The number of nitrogens with one attached hydrogen (secondary N) is 1. The number of aromatic carboxylic acids is 1. The van der Waals surface area contributed by atoms with E-state index in [1.54, 1.807) is 12.1 Å². The van der Waals surface area contributed by atoms with Crippen molar-refractivity contribution in [1.29, 1.82) is 0 Å². The van der Waals surface area contributed by atoms with Crippen LogP contribution in [-0.4, -0.2) is 29.1 Å². The Labute approximate surface area is 141 Å². The highest BCUT2D eigenvalue weighted by atomic mass is 19.1. The molecular weight excluding hydrogens is 327 g/mol. The second-order valence-electron chi connectivity index (χ2n) is 5.20. The van der Waals surface area contributed by atoms with Crippen LogP contribution >= 0.6 is 0 Å². The van der Waals surface area contributed by atoms with E-state index in [1.165, 1.54) is 37.6 Å². The Bertz CT molecular complexity index is 988. The largest absolute Gasteiger partial charge is 0.497 e. The Kier molecular flexibility index (Phi) is 4.30. The number of nitrogens with zero attached hydrogens (tertiary/aromatic N) is 1. The molecule has 0 atom stereocenters. The summed E-state index contributed by atoms with van der Waals surface area (Å²) < 4.78 is 18.8. The Balaban J connectivity index is 2.03. The smallest absolute Gasteiger partial charge is 0.337 e. The molecule has 0 radical (unpaired) electrons. The molecule has 0 saturated heterocycles. The third kappa shape index (κ3) is 3.25. The first-order valence-corrected chi connectivity index (χ1v) is 7.26. The molecule has 126 valence electrons. The molecule has 3 aromatic rings. The number of ether oxygens (including phenoxy) is 1. The number of methoxy groups -OCH3 is 1. The van der Waals surface area contributed by atoms with E-state index < -0.39 is 17.7 Å². The van der Waals surface area contributed by atoms with E-state index in [-0.39, 0.29) is 16.8 Å². The number of fused-ring (bicyclic) bond motifs is 1. The van der Waals surface area contributed by atoms with Crippen molar-refractivity contribution in [2.75, 3.05) is 12.4 Å². The lowest BCUT2D eigenvalue weighted by Crippen LogP contribution is -2.16. The number of benzene rings is 2. The molecule has 0 fully saturated rings. The molecule has 7 heteroatoms. The monoisotopic (exact) mass is 340 g/mol. The number of carboxylic acids is 1. The number of anilines is 1. The maximum atomic E-state index is 13.8. The van der Waals surface area contributed by atoms with Gasteiger partial charge in [0, 0.05) is 11.6 Å². The third-order valence-electron chi connectivity index (χ3n) is 3.62. The molecule has 2 aromatic carbocycles. The van der Waals surface area contributed by atoms with Gasteiger partial charge >= 0.3 is 5.97 Å². The minimum absolute atomic E-state index is 0.0164. The summed E-state index contributed by atoms with van der Waals surface area (Å²) in [6.45, 7) is 0. The molecule has 2 N–H and O–H groups in total. The standard InChI is InChI=1S/C18H13FN2O4/c1-25-12-4-5-15(13(9-12)18(23)24)21-17(22)14-8-11(19)7-10-3-2-6-20-16(10)14/h2-9H,1H3,(H,21,22)(H,23,24). The van der Waals surface area contributed by atoms with E-state index in [1.807, 2.05) is 0 Å². The highest BCUT2D eigenvalue weighted by Gasteiger charge is 2.17. The van der Waals surface area contributed by atoms with E-state index in [4.69, 9.17) is 4.74 Å². The van der Waals surface area contributed by atoms with Gasteiger partial charge in [-0.2, -0.15) is 0 Å². The minimum atomic E-state index is -1.23. The summed E-state index contributed by atoms with van der Waals surface area (Å²) in [7, 11) is 1.41. The minimum Gasteiger partial charge on any atom is -0.497 e. The summed E-state index contributed by atoms with van der Waals surface area (Å²) in [6, 6.07) is 9.83. The first-order chi connectivity index (χ1) is 12.0. The SMILES string of the molecule is COc1ccc(NC(=O)c2cc(F)cc3cccnc23)c(C(=O)O)c1. The van der Waals surface area contributed by atoms with Crippen LogP contribution in [0.25, 0.3) is 10.9 Å². The van der Waals surface area contributed by atoms with Crippen molar-refractivity contribution in [1.82, 2.24) is 4.98 Å². The summed E-state index contributed by atoms with van der Waals surface area (Å²) in [6.07, 6.45) is 1.49. The number of aromatic nitrogens is 1. The molecule has 0 aliphatic rings. The van der Waals surface area contributed by atoms with Crippen molar-refractivity contribution in [2.45, 2.75) is 0 Å². The van der Waals surface area contributed by atoms with E-state index in [0.29, 0.717) is 16.7 Å². The van der Waals surface area contributed by atoms with Crippen LogP contribution in [0.1, 0.15) is 20.7 Å². The van der Waals surface area contributed by atoms with Crippen LogP contribution in [0.5, 0.6) is 5.75 Å². The van der Waals surface area contributed by atoms with Gasteiger partial charge in [-0.1, -0.05) is 6.07 Å². The fourth-order valence-corrected chi connectivity index (χ4v) is 2.45. The average molecular weight is 340 g/mol. The van der Waals surface area contributed by atoms with Crippen LogP contribution in [0.15, 0.2) is 48.7 Å². The van der Waals surface area contributed by atoms with E-state index in [9.17, 15) is 19.1 Å². The second kappa shape index (κ2) is 6.56. The predicted molar refractivity (Wildman–Crippen MR) is 89.6 cm³/mol.